The van der Waals surface area contributed by atoms with E-state index < -0.39 is 10.8 Å². The van der Waals surface area contributed by atoms with Gasteiger partial charge in [0.2, 0.25) is 0 Å². The monoisotopic (exact) mass is 237 g/mol. The van der Waals surface area contributed by atoms with Crippen LogP contribution in [0.15, 0.2) is 30.3 Å². The third-order valence-corrected chi connectivity index (χ3v) is 4.48. The third kappa shape index (κ3) is 3.42. The van der Waals surface area contributed by atoms with Gasteiger partial charge >= 0.3 is 0 Å². The minimum Gasteiger partial charge on any atom is -0.310 e. The summed E-state index contributed by atoms with van der Waals surface area (Å²) in [7, 11) is -0.644. The molecule has 0 aliphatic carbocycles. The molecule has 0 amide bonds. The molecule has 0 bridgehead atoms. The van der Waals surface area contributed by atoms with Crippen LogP contribution in [0.2, 0.25) is 0 Å². The smallest absolute Gasteiger partial charge is 0.0392 e. The van der Waals surface area contributed by atoms with E-state index in [0.717, 1.165) is 24.3 Å². The van der Waals surface area contributed by atoms with Gasteiger partial charge in [-0.2, -0.15) is 0 Å². The summed E-state index contributed by atoms with van der Waals surface area (Å²) < 4.78 is 11.7. The summed E-state index contributed by atoms with van der Waals surface area (Å²) in [5, 5.41) is 3.56. The first kappa shape index (κ1) is 11.8. The van der Waals surface area contributed by atoms with Crippen LogP contribution in [0.25, 0.3) is 0 Å². The van der Waals surface area contributed by atoms with E-state index in [1.807, 2.05) is 6.07 Å². The number of hydrogen-bond donors (Lipinski definition) is 1. The first-order chi connectivity index (χ1) is 7.74. The minimum atomic E-state index is -0.644. The van der Waals surface area contributed by atoms with Crippen LogP contribution in [-0.2, 0) is 17.2 Å². The van der Waals surface area contributed by atoms with Gasteiger partial charge < -0.3 is 5.32 Å². The highest BCUT2D eigenvalue weighted by Gasteiger charge is 2.20. The molecule has 3 heteroatoms. The van der Waals surface area contributed by atoms with Crippen molar-refractivity contribution < 1.29 is 4.21 Å². The van der Waals surface area contributed by atoms with Crippen LogP contribution < -0.4 is 5.32 Å². The molecule has 2 rings (SSSR count). The molecular formula is C13H19NOS. The van der Waals surface area contributed by atoms with Gasteiger partial charge in [-0.15, -0.1) is 0 Å². The number of nitrogens with one attached hydrogen (secondary N) is 1. The zero-order valence-electron chi connectivity index (χ0n) is 9.69. The second-order valence-electron chi connectivity index (χ2n) is 4.55. The molecule has 1 aliphatic heterocycles. The summed E-state index contributed by atoms with van der Waals surface area (Å²) in [4.78, 5) is 0. The molecule has 0 radical (unpaired) electrons. The van der Waals surface area contributed by atoms with Crippen LogP contribution in [0.5, 0.6) is 0 Å². The molecule has 1 heterocycles. The van der Waals surface area contributed by atoms with Crippen molar-refractivity contribution in [3.63, 3.8) is 0 Å². The standard InChI is InChI=1S/C13H19NOS/c1-11-7-8-16(15)10-13(14-11)9-12-5-3-2-4-6-12/h2-6,11,13-14H,7-10H2,1H3. The Labute approximate surface area is 99.9 Å². The lowest BCUT2D eigenvalue weighted by molar-refractivity contribution is 0.470. The Morgan fingerprint density at radius 3 is 2.88 bits per heavy atom. The molecule has 3 atom stereocenters. The highest BCUT2D eigenvalue weighted by molar-refractivity contribution is 7.85. The van der Waals surface area contributed by atoms with E-state index in [-0.39, 0.29) is 0 Å². The summed E-state index contributed by atoms with van der Waals surface area (Å²) in [5.41, 5.74) is 1.33. The van der Waals surface area contributed by atoms with E-state index in [4.69, 9.17) is 0 Å². The molecule has 2 nitrogen and oxygen atoms in total. The van der Waals surface area contributed by atoms with Gasteiger partial charge in [0.05, 0.1) is 0 Å². The summed E-state index contributed by atoms with van der Waals surface area (Å²) in [6.07, 6.45) is 2.01. The lowest BCUT2D eigenvalue weighted by Crippen LogP contribution is -2.38. The van der Waals surface area contributed by atoms with Gasteiger partial charge in [0.15, 0.2) is 0 Å². The molecule has 1 saturated heterocycles. The van der Waals surface area contributed by atoms with Gasteiger partial charge in [0.1, 0.15) is 0 Å². The molecule has 1 aromatic rings. The molecule has 1 fully saturated rings. The van der Waals surface area contributed by atoms with Crippen LogP contribution in [0.4, 0.5) is 0 Å². The van der Waals surface area contributed by atoms with Gasteiger partial charge in [0.25, 0.3) is 0 Å². The van der Waals surface area contributed by atoms with Crippen LogP contribution in [-0.4, -0.2) is 27.8 Å². The van der Waals surface area contributed by atoms with Gasteiger partial charge in [-0.05, 0) is 25.3 Å². The van der Waals surface area contributed by atoms with E-state index in [2.05, 4.69) is 36.5 Å². The van der Waals surface area contributed by atoms with Crippen LogP contribution in [0.3, 0.4) is 0 Å². The van der Waals surface area contributed by atoms with E-state index in [9.17, 15) is 4.21 Å². The molecule has 1 aliphatic rings. The van der Waals surface area contributed by atoms with E-state index in [0.29, 0.717) is 12.1 Å². The zero-order valence-corrected chi connectivity index (χ0v) is 10.5. The van der Waals surface area contributed by atoms with Gasteiger partial charge in [-0.1, -0.05) is 30.3 Å². The number of hydrogen-bond acceptors (Lipinski definition) is 2. The number of benzene rings is 1. The fourth-order valence-corrected chi connectivity index (χ4v) is 3.61. The fourth-order valence-electron chi connectivity index (χ4n) is 2.17. The van der Waals surface area contributed by atoms with Crippen molar-refractivity contribution in [3.05, 3.63) is 35.9 Å². The quantitative estimate of drug-likeness (QED) is 0.848. The maximum Gasteiger partial charge on any atom is 0.0392 e. The maximum absolute atomic E-state index is 11.7. The van der Waals surface area contributed by atoms with Crippen molar-refractivity contribution in [3.8, 4) is 0 Å². The summed E-state index contributed by atoms with van der Waals surface area (Å²) in [6, 6.07) is 11.3. The SMILES string of the molecule is CC1CCS(=O)CC(Cc2ccccc2)N1. The van der Waals surface area contributed by atoms with E-state index in [1.165, 1.54) is 5.56 Å². The Kier molecular flexibility index (Phi) is 4.13. The predicted octanol–water partition coefficient (Wildman–Crippen LogP) is 1.73. The van der Waals surface area contributed by atoms with E-state index >= 15 is 0 Å². The van der Waals surface area contributed by atoms with Crippen molar-refractivity contribution >= 4 is 10.8 Å². The molecule has 16 heavy (non-hydrogen) atoms. The second kappa shape index (κ2) is 5.60. The van der Waals surface area contributed by atoms with Crippen molar-refractivity contribution in [2.45, 2.75) is 31.8 Å². The minimum absolute atomic E-state index is 0.362. The molecule has 88 valence electrons. The molecule has 1 aromatic carbocycles. The average Bonchev–Trinajstić information content (AvgIpc) is 2.42. The van der Waals surface area contributed by atoms with Crippen LogP contribution in [0, 0.1) is 0 Å². The zero-order chi connectivity index (χ0) is 11.4. The highest BCUT2D eigenvalue weighted by atomic mass is 32.2. The normalized spacial score (nSPS) is 30.9. The van der Waals surface area contributed by atoms with Gasteiger partial charge in [-0.25, -0.2) is 0 Å². The van der Waals surface area contributed by atoms with Crippen molar-refractivity contribution in [2.75, 3.05) is 11.5 Å². The van der Waals surface area contributed by atoms with E-state index in [1.54, 1.807) is 0 Å². The lowest BCUT2D eigenvalue weighted by atomic mass is 10.1. The van der Waals surface area contributed by atoms with Crippen molar-refractivity contribution in [1.29, 1.82) is 0 Å². The Morgan fingerprint density at radius 2 is 2.12 bits per heavy atom. The second-order valence-corrected chi connectivity index (χ2v) is 6.17. The topological polar surface area (TPSA) is 29.1 Å². The van der Waals surface area contributed by atoms with Crippen LogP contribution >= 0.6 is 0 Å². The fraction of sp³-hybridized carbons (Fsp3) is 0.538. The predicted molar refractivity (Wildman–Crippen MR) is 69.0 cm³/mol. The molecule has 0 saturated carbocycles. The van der Waals surface area contributed by atoms with Crippen LogP contribution in [0.1, 0.15) is 18.9 Å². The molecular weight excluding hydrogens is 218 g/mol. The first-order valence-corrected chi connectivity index (χ1v) is 7.38. The summed E-state index contributed by atoms with van der Waals surface area (Å²) in [5.74, 6) is 1.64. The third-order valence-electron chi connectivity index (χ3n) is 3.01. The maximum atomic E-state index is 11.7. The molecule has 0 aromatic heterocycles. The van der Waals surface area contributed by atoms with Gasteiger partial charge in [-0.3, -0.25) is 4.21 Å². The largest absolute Gasteiger partial charge is 0.310 e. The Hall–Kier alpha value is -0.670. The van der Waals surface area contributed by atoms with Gasteiger partial charge in [0, 0.05) is 34.4 Å². The highest BCUT2D eigenvalue weighted by Crippen LogP contribution is 2.10. The lowest BCUT2D eigenvalue weighted by Gasteiger charge is -2.18. The number of rotatable bonds is 2. The molecule has 0 spiro atoms. The molecule has 3 unspecified atom stereocenters. The first-order valence-electron chi connectivity index (χ1n) is 5.89. The Morgan fingerprint density at radius 1 is 1.38 bits per heavy atom. The van der Waals surface area contributed by atoms with Crippen molar-refractivity contribution in [2.24, 2.45) is 0 Å². The summed E-state index contributed by atoms with van der Waals surface area (Å²) in [6.45, 7) is 2.18. The average molecular weight is 237 g/mol. The Bertz CT molecular complexity index is 352. The van der Waals surface area contributed by atoms with Crippen molar-refractivity contribution in [1.82, 2.24) is 5.32 Å². The Balaban J connectivity index is 2.00. The summed E-state index contributed by atoms with van der Waals surface area (Å²) >= 11 is 0. The molecule has 1 N–H and O–H groups in total.